The molecule has 8 nitrogen and oxygen atoms in total. The van der Waals surface area contributed by atoms with Gasteiger partial charge in [0.2, 0.25) is 0 Å². The van der Waals surface area contributed by atoms with Crippen molar-refractivity contribution < 1.29 is 23.9 Å². The molecule has 0 aliphatic carbocycles. The molecule has 0 aliphatic rings. The van der Waals surface area contributed by atoms with Crippen molar-refractivity contribution in [2.24, 2.45) is 7.05 Å². The number of esters is 2. The number of carbonyl (C=O) groups is 3. The van der Waals surface area contributed by atoms with Gasteiger partial charge >= 0.3 is 11.9 Å². The summed E-state index contributed by atoms with van der Waals surface area (Å²) in [4.78, 5) is 39.5. The normalized spacial score (nSPS) is 9.84. The molecule has 1 aromatic rings. The van der Waals surface area contributed by atoms with E-state index >= 15 is 0 Å². The Morgan fingerprint density at radius 3 is 2.11 bits per heavy atom. The minimum absolute atomic E-state index is 0.257. The Kier molecular flexibility index (Phi) is 5.04. The molecule has 1 rings (SSSR count). The molecule has 0 saturated heterocycles. The van der Waals surface area contributed by atoms with Crippen molar-refractivity contribution in [3.63, 3.8) is 0 Å². The predicted octanol–water partition coefficient (Wildman–Crippen LogP) is -0.792. The molecule has 0 saturated carbocycles. The monoisotopic (exact) mass is 269 g/mol. The lowest BCUT2D eigenvalue weighted by Gasteiger charge is -2.19. The van der Waals surface area contributed by atoms with Gasteiger partial charge in [0.05, 0.1) is 26.7 Å². The molecule has 0 atom stereocenters. The van der Waals surface area contributed by atoms with E-state index in [-0.39, 0.29) is 18.8 Å². The van der Waals surface area contributed by atoms with E-state index in [0.717, 1.165) is 4.90 Å². The summed E-state index contributed by atoms with van der Waals surface area (Å²) in [5.41, 5.74) is 0.257. The smallest absolute Gasteiger partial charge is 0.325 e. The van der Waals surface area contributed by atoms with E-state index in [0.29, 0.717) is 0 Å². The van der Waals surface area contributed by atoms with Crippen LogP contribution < -0.4 is 0 Å². The summed E-state index contributed by atoms with van der Waals surface area (Å²) in [5.74, 6) is -1.75. The number of aromatic nitrogens is 2. The molecule has 0 unspecified atom stereocenters. The topological polar surface area (TPSA) is 90.7 Å². The van der Waals surface area contributed by atoms with E-state index in [1.807, 2.05) is 0 Å². The van der Waals surface area contributed by atoms with Gasteiger partial charge in [0.1, 0.15) is 18.8 Å². The van der Waals surface area contributed by atoms with Crippen molar-refractivity contribution in [1.82, 2.24) is 14.5 Å². The number of aryl methyl sites for hydroxylation is 1. The van der Waals surface area contributed by atoms with Gasteiger partial charge in [0.25, 0.3) is 5.91 Å². The van der Waals surface area contributed by atoms with Crippen LogP contribution in [0, 0.1) is 0 Å². The van der Waals surface area contributed by atoms with Gasteiger partial charge < -0.3 is 18.9 Å². The molecule has 0 fully saturated rings. The van der Waals surface area contributed by atoms with E-state index in [2.05, 4.69) is 14.5 Å². The van der Waals surface area contributed by atoms with Crippen LogP contribution in [0.1, 0.15) is 10.5 Å². The zero-order valence-corrected chi connectivity index (χ0v) is 11.0. The van der Waals surface area contributed by atoms with Crippen LogP contribution in [0.25, 0.3) is 0 Å². The lowest BCUT2D eigenvalue weighted by molar-refractivity contribution is -0.144. The summed E-state index contributed by atoms with van der Waals surface area (Å²) in [6.45, 7) is -0.675. The SMILES string of the molecule is COC(=O)CN(CC(=O)OC)C(=O)c1cncn1C. The van der Waals surface area contributed by atoms with Crippen molar-refractivity contribution in [2.75, 3.05) is 27.3 Å². The van der Waals surface area contributed by atoms with Gasteiger partial charge in [-0.05, 0) is 0 Å². The number of hydrogen-bond donors (Lipinski definition) is 0. The van der Waals surface area contributed by atoms with E-state index < -0.39 is 17.8 Å². The molecule has 0 spiro atoms. The quantitative estimate of drug-likeness (QED) is 0.650. The number of hydrogen-bond acceptors (Lipinski definition) is 6. The van der Waals surface area contributed by atoms with Gasteiger partial charge in [0, 0.05) is 7.05 Å². The van der Waals surface area contributed by atoms with E-state index in [9.17, 15) is 14.4 Å². The highest BCUT2D eigenvalue weighted by Gasteiger charge is 2.24. The first-order valence-electron chi connectivity index (χ1n) is 5.38. The number of nitrogens with zero attached hydrogens (tertiary/aromatic N) is 3. The third-order valence-corrected chi connectivity index (χ3v) is 2.42. The van der Waals surface area contributed by atoms with Crippen LogP contribution >= 0.6 is 0 Å². The van der Waals surface area contributed by atoms with E-state index in [1.54, 1.807) is 7.05 Å². The molecule has 19 heavy (non-hydrogen) atoms. The van der Waals surface area contributed by atoms with E-state index in [4.69, 9.17) is 0 Å². The molecule has 0 N–H and O–H groups in total. The Bertz CT molecular complexity index is 464. The van der Waals surface area contributed by atoms with Crippen LogP contribution in [-0.2, 0) is 26.1 Å². The molecule has 1 heterocycles. The number of amides is 1. The summed E-state index contributed by atoms with van der Waals surface area (Å²) in [6.07, 6.45) is 2.80. The second-order valence-electron chi connectivity index (χ2n) is 3.70. The average molecular weight is 269 g/mol. The molecule has 0 radical (unpaired) electrons. The Balaban J connectivity index is 2.89. The van der Waals surface area contributed by atoms with Crippen molar-refractivity contribution >= 4 is 17.8 Å². The predicted molar refractivity (Wildman–Crippen MR) is 63.1 cm³/mol. The summed E-state index contributed by atoms with van der Waals surface area (Å²) < 4.78 is 10.5. The van der Waals surface area contributed by atoms with Crippen LogP contribution in [0.4, 0.5) is 0 Å². The first kappa shape index (κ1) is 14.7. The van der Waals surface area contributed by atoms with Crippen LogP contribution in [0.3, 0.4) is 0 Å². The molecular formula is C11H15N3O5. The maximum Gasteiger partial charge on any atom is 0.325 e. The summed E-state index contributed by atoms with van der Waals surface area (Å²) in [5, 5.41) is 0. The molecular weight excluding hydrogens is 254 g/mol. The summed E-state index contributed by atoms with van der Waals surface area (Å²) in [6, 6.07) is 0. The zero-order valence-electron chi connectivity index (χ0n) is 11.0. The first-order chi connectivity index (χ1) is 8.99. The largest absolute Gasteiger partial charge is 0.468 e. The van der Waals surface area contributed by atoms with E-state index in [1.165, 1.54) is 31.3 Å². The van der Waals surface area contributed by atoms with Gasteiger partial charge in [-0.15, -0.1) is 0 Å². The lowest BCUT2D eigenvalue weighted by Crippen LogP contribution is -2.40. The van der Waals surface area contributed by atoms with Crippen molar-refractivity contribution in [2.45, 2.75) is 0 Å². The number of carbonyl (C=O) groups excluding carboxylic acids is 3. The van der Waals surface area contributed by atoms with Crippen molar-refractivity contribution in [1.29, 1.82) is 0 Å². The van der Waals surface area contributed by atoms with Crippen LogP contribution in [0.2, 0.25) is 0 Å². The highest BCUT2D eigenvalue weighted by atomic mass is 16.5. The number of imidazole rings is 1. The maximum atomic E-state index is 12.2. The third kappa shape index (κ3) is 3.80. The fraction of sp³-hybridized carbons (Fsp3) is 0.455. The molecule has 8 heteroatoms. The Morgan fingerprint density at radius 1 is 1.21 bits per heavy atom. The lowest BCUT2D eigenvalue weighted by atomic mass is 10.3. The zero-order chi connectivity index (χ0) is 14.4. The number of methoxy groups -OCH3 is 2. The number of rotatable bonds is 5. The second-order valence-corrected chi connectivity index (χ2v) is 3.70. The summed E-state index contributed by atoms with van der Waals surface area (Å²) >= 11 is 0. The fourth-order valence-corrected chi connectivity index (χ4v) is 1.37. The molecule has 0 bridgehead atoms. The maximum absolute atomic E-state index is 12.2. The molecule has 1 aromatic heterocycles. The van der Waals surface area contributed by atoms with Crippen molar-refractivity contribution in [3.05, 3.63) is 18.2 Å². The van der Waals surface area contributed by atoms with Crippen LogP contribution in [-0.4, -0.2) is 59.6 Å². The van der Waals surface area contributed by atoms with Gasteiger partial charge in [-0.25, -0.2) is 4.98 Å². The number of ether oxygens (including phenoxy) is 2. The Morgan fingerprint density at radius 2 is 1.74 bits per heavy atom. The average Bonchev–Trinajstić information content (AvgIpc) is 2.82. The highest BCUT2D eigenvalue weighted by molar-refractivity contribution is 5.96. The standard InChI is InChI=1S/C11H15N3O5/c1-13-7-12-4-8(13)11(17)14(5-9(15)18-2)6-10(16)19-3/h4,7H,5-6H2,1-3H3. The summed E-state index contributed by atoms with van der Waals surface area (Å²) in [7, 11) is 4.04. The molecule has 104 valence electrons. The highest BCUT2D eigenvalue weighted by Crippen LogP contribution is 2.04. The molecule has 0 aromatic carbocycles. The van der Waals surface area contributed by atoms with Gasteiger partial charge in [0.15, 0.2) is 0 Å². The Labute approximate surface area is 109 Å². The second kappa shape index (κ2) is 6.53. The fourth-order valence-electron chi connectivity index (χ4n) is 1.37. The van der Waals surface area contributed by atoms with Gasteiger partial charge in [-0.2, -0.15) is 0 Å². The van der Waals surface area contributed by atoms with Crippen molar-refractivity contribution in [3.8, 4) is 0 Å². The van der Waals surface area contributed by atoms with Crippen LogP contribution in [0.15, 0.2) is 12.5 Å². The Hall–Kier alpha value is -2.38. The minimum atomic E-state index is -0.626. The van der Waals surface area contributed by atoms with Gasteiger partial charge in [-0.3, -0.25) is 14.4 Å². The van der Waals surface area contributed by atoms with Gasteiger partial charge in [-0.1, -0.05) is 0 Å². The first-order valence-corrected chi connectivity index (χ1v) is 5.38. The molecule has 0 aliphatic heterocycles. The molecule has 1 amide bonds. The van der Waals surface area contributed by atoms with Crippen LogP contribution in [0.5, 0.6) is 0 Å². The third-order valence-electron chi connectivity index (χ3n) is 2.42. The minimum Gasteiger partial charge on any atom is -0.468 e.